The van der Waals surface area contributed by atoms with Crippen molar-refractivity contribution in [3.63, 3.8) is 0 Å². The van der Waals surface area contributed by atoms with Gasteiger partial charge in [0.25, 0.3) is 0 Å². The number of hydrogen-bond acceptors (Lipinski definition) is 7. The average molecular weight is 458 g/mol. The molecule has 3 heterocycles. The first-order valence-electron chi connectivity index (χ1n) is 11.2. The van der Waals surface area contributed by atoms with Gasteiger partial charge in [-0.15, -0.1) is 0 Å². The molecule has 0 unspecified atom stereocenters. The Bertz CT molecular complexity index is 1110. The van der Waals surface area contributed by atoms with Crippen LogP contribution in [0.1, 0.15) is 12.7 Å². The van der Waals surface area contributed by atoms with Crippen molar-refractivity contribution in [3.05, 3.63) is 54.5 Å². The van der Waals surface area contributed by atoms with E-state index in [1.165, 1.54) is 0 Å². The molecule has 0 bridgehead atoms. The fourth-order valence-electron chi connectivity index (χ4n) is 4.03. The zero-order chi connectivity index (χ0) is 22.4. The molecule has 172 valence electrons. The van der Waals surface area contributed by atoms with Gasteiger partial charge in [-0.2, -0.15) is 0 Å². The number of hydrogen-bond donors (Lipinski definition) is 0. The van der Waals surface area contributed by atoms with Gasteiger partial charge in [-0.1, -0.05) is 18.2 Å². The van der Waals surface area contributed by atoms with E-state index in [2.05, 4.69) is 19.4 Å². The Labute approximate surface area is 189 Å². The largest absolute Gasteiger partial charge is 0.380 e. The number of nitrogens with zero attached hydrogens (tertiary/aromatic N) is 5. The second kappa shape index (κ2) is 10.5. The quantitative estimate of drug-likeness (QED) is 0.431. The summed E-state index contributed by atoms with van der Waals surface area (Å²) in [4.78, 5) is 14.3. The molecule has 1 saturated heterocycles. The van der Waals surface area contributed by atoms with Crippen molar-refractivity contribution in [1.82, 2.24) is 24.3 Å². The molecule has 32 heavy (non-hydrogen) atoms. The molecule has 1 fully saturated rings. The minimum absolute atomic E-state index is 0.149. The number of pyridine rings is 1. The molecular formula is C23H31N5O3S. The summed E-state index contributed by atoms with van der Waals surface area (Å²) < 4.78 is 32.8. The Hall–Kier alpha value is -2.33. The number of rotatable bonds is 10. The van der Waals surface area contributed by atoms with Crippen LogP contribution in [0, 0.1) is 0 Å². The van der Waals surface area contributed by atoms with Crippen molar-refractivity contribution >= 4 is 21.0 Å². The summed E-state index contributed by atoms with van der Waals surface area (Å²) in [5, 5.41) is 0. The lowest BCUT2D eigenvalue weighted by Crippen LogP contribution is -2.47. The third kappa shape index (κ3) is 5.53. The van der Waals surface area contributed by atoms with Crippen LogP contribution in [-0.4, -0.2) is 84.4 Å². The van der Waals surface area contributed by atoms with E-state index in [0.29, 0.717) is 24.7 Å². The Balaban J connectivity index is 1.33. The molecule has 0 aliphatic carbocycles. The van der Waals surface area contributed by atoms with Gasteiger partial charge in [-0.3, -0.25) is 9.80 Å². The fourth-order valence-corrected chi connectivity index (χ4v) is 5.33. The molecule has 1 aromatic carbocycles. The molecule has 2 aromatic heterocycles. The lowest BCUT2D eigenvalue weighted by atomic mass is 10.3. The predicted molar refractivity (Wildman–Crippen MR) is 124 cm³/mol. The van der Waals surface area contributed by atoms with Crippen LogP contribution in [0.4, 0.5) is 0 Å². The van der Waals surface area contributed by atoms with Gasteiger partial charge in [0.2, 0.25) is 0 Å². The van der Waals surface area contributed by atoms with Gasteiger partial charge in [0.15, 0.2) is 15.5 Å². The third-order valence-electron chi connectivity index (χ3n) is 5.85. The van der Waals surface area contributed by atoms with E-state index >= 15 is 0 Å². The maximum Gasteiger partial charge on any atom is 0.179 e. The second-order valence-corrected chi connectivity index (χ2v) is 10.1. The van der Waals surface area contributed by atoms with E-state index in [4.69, 9.17) is 9.72 Å². The highest BCUT2D eigenvalue weighted by molar-refractivity contribution is 7.91. The molecule has 8 nitrogen and oxygen atoms in total. The fraction of sp³-hybridized carbons (Fsp3) is 0.478. The van der Waals surface area contributed by atoms with Gasteiger partial charge in [0, 0.05) is 52.1 Å². The highest BCUT2D eigenvalue weighted by atomic mass is 32.2. The Kier molecular flexibility index (Phi) is 7.51. The Morgan fingerprint density at radius 2 is 1.72 bits per heavy atom. The zero-order valence-electron chi connectivity index (χ0n) is 18.6. The maximum absolute atomic E-state index is 12.5. The van der Waals surface area contributed by atoms with Crippen molar-refractivity contribution in [2.24, 2.45) is 0 Å². The van der Waals surface area contributed by atoms with E-state index < -0.39 is 9.84 Å². The van der Waals surface area contributed by atoms with E-state index in [-0.39, 0.29) is 5.75 Å². The van der Waals surface area contributed by atoms with Crippen LogP contribution in [0.15, 0.2) is 53.6 Å². The molecule has 0 saturated carbocycles. The smallest absolute Gasteiger partial charge is 0.179 e. The molecule has 0 atom stereocenters. The molecule has 4 rings (SSSR count). The van der Waals surface area contributed by atoms with Gasteiger partial charge in [-0.05, 0) is 31.2 Å². The molecular weight excluding hydrogens is 426 g/mol. The molecule has 0 spiro atoms. The van der Waals surface area contributed by atoms with E-state index in [1.54, 1.807) is 30.5 Å². The van der Waals surface area contributed by atoms with E-state index in [0.717, 1.165) is 56.3 Å². The first-order valence-corrected chi connectivity index (χ1v) is 12.8. The number of fused-ring (bicyclic) bond motifs is 1. The number of benzene rings is 1. The molecule has 0 radical (unpaired) electrons. The number of aromatic nitrogens is 3. The summed E-state index contributed by atoms with van der Waals surface area (Å²) in [5.74, 6) is 1.15. The summed E-state index contributed by atoms with van der Waals surface area (Å²) in [5.41, 5.74) is 1.80. The van der Waals surface area contributed by atoms with Crippen molar-refractivity contribution in [2.45, 2.75) is 24.9 Å². The van der Waals surface area contributed by atoms with Crippen LogP contribution in [-0.2, 0) is 27.7 Å². The lowest BCUT2D eigenvalue weighted by molar-refractivity contribution is 0.124. The minimum atomic E-state index is -3.24. The molecule has 1 aliphatic rings. The molecule has 3 aromatic rings. The summed E-state index contributed by atoms with van der Waals surface area (Å²) in [6.45, 7) is 8.82. The van der Waals surface area contributed by atoms with Gasteiger partial charge in [0.1, 0.15) is 11.3 Å². The van der Waals surface area contributed by atoms with Crippen molar-refractivity contribution < 1.29 is 13.2 Å². The predicted octanol–water partition coefficient (Wildman–Crippen LogP) is 2.06. The summed E-state index contributed by atoms with van der Waals surface area (Å²) >= 11 is 0. The summed E-state index contributed by atoms with van der Waals surface area (Å²) in [7, 11) is -3.24. The van der Waals surface area contributed by atoms with E-state index in [1.807, 2.05) is 25.1 Å². The number of piperazine rings is 1. The van der Waals surface area contributed by atoms with E-state index in [9.17, 15) is 8.42 Å². The number of sulfone groups is 1. The average Bonchev–Trinajstić information content (AvgIpc) is 3.16. The highest BCUT2D eigenvalue weighted by Crippen LogP contribution is 2.17. The Morgan fingerprint density at radius 3 is 2.47 bits per heavy atom. The van der Waals surface area contributed by atoms with Crippen LogP contribution in [0.2, 0.25) is 0 Å². The summed E-state index contributed by atoms with van der Waals surface area (Å²) in [6.07, 6.45) is 1.80. The maximum atomic E-state index is 12.5. The van der Waals surface area contributed by atoms with Gasteiger partial charge >= 0.3 is 0 Å². The number of ether oxygens (including phenoxy) is 1. The van der Waals surface area contributed by atoms with Crippen LogP contribution in [0.3, 0.4) is 0 Å². The summed E-state index contributed by atoms with van der Waals surface area (Å²) in [6, 6.07) is 12.6. The molecule has 1 aliphatic heterocycles. The SMILES string of the molecule is CCOCCn1c(CN2CCN(CCS(=O)(=O)c3ccccc3)CC2)nc2cccnc21. The lowest BCUT2D eigenvalue weighted by Gasteiger charge is -2.34. The first kappa shape index (κ1) is 22.8. The monoisotopic (exact) mass is 457 g/mol. The Morgan fingerprint density at radius 1 is 0.969 bits per heavy atom. The first-order chi connectivity index (χ1) is 15.6. The molecule has 0 amide bonds. The minimum Gasteiger partial charge on any atom is -0.380 e. The van der Waals surface area contributed by atoms with Crippen molar-refractivity contribution in [2.75, 3.05) is 51.7 Å². The normalized spacial score (nSPS) is 16.0. The van der Waals surface area contributed by atoms with Crippen LogP contribution in [0.5, 0.6) is 0 Å². The van der Waals surface area contributed by atoms with Crippen LogP contribution >= 0.6 is 0 Å². The highest BCUT2D eigenvalue weighted by Gasteiger charge is 2.22. The van der Waals surface area contributed by atoms with Crippen LogP contribution in [0.25, 0.3) is 11.2 Å². The second-order valence-electron chi connectivity index (χ2n) is 7.97. The van der Waals surface area contributed by atoms with Gasteiger partial charge < -0.3 is 9.30 Å². The van der Waals surface area contributed by atoms with Crippen LogP contribution < -0.4 is 0 Å². The zero-order valence-corrected chi connectivity index (χ0v) is 19.4. The van der Waals surface area contributed by atoms with Gasteiger partial charge in [-0.25, -0.2) is 18.4 Å². The molecule has 0 N–H and O–H groups in total. The molecule has 9 heteroatoms. The third-order valence-corrected chi connectivity index (χ3v) is 7.57. The standard InChI is InChI=1S/C23H31N5O3S/c1-2-31-17-15-28-22(25-21-9-6-10-24-23(21)28)19-27-13-11-26(12-14-27)16-18-32(29,30)20-7-4-3-5-8-20/h3-10H,2,11-19H2,1H3. The topological polar surface area (TPSA) is 80.6 Å². The van der Waals surface area contributed by atoms with Crippen molar-refractivity contribution in [3.8, 4) is 0 Å². The van der Waals surface area contributed by atoms with Crippen molar-refractivity contribution in [1.29, 1.82) is 0 Å². The number of imidazole rings is 1. The van der Waals surface area contributed by atoms with Gasteiger partial charge in [0.05, 0.1) is 23.8 Å².